The van der Waals surface area contributed by atoms with Crippen LogP contribution in [0.4, 0.5) is 0 Å². The number of rotatable bonds is 7. The van der Waals surface area contributed by atoms with Crippen LogP contribution in [0.1, 0.15) is 77.0 Å². The van der Waals surface area contributed by atoms with Gasteiger partial charge in [0.1, 0.15) is 11.3 Å². The smallest absolute Gasteiger partial charge is 0.304 e. The van der Waals surface area contributed by atoms with E-state index >= 15 is 0 Å². The zero-order valence-corrected chi connectivity index (χ0v) is 22.2. The maximum Gasteiger partial charge on any atom is 0.304 e. The first kappa shape index (κ1) is 25.0. The predicted octanol–water partition coefficient (Wildman–Crippen LogP) is 4.66. The Morgan fingerprint density at radius 2 is 1.97 bits per heavy atom. The average Bonchev–Trinajstić information content (AvgIpc) is 3.25. The van der Waals surface area contributed by atoms with Gasteiger partial charge in [0.25, 0.3) is 0 Å². The van der Waals surface area contributed by atoms with Crippen LogP contribution in [0.25, 0.3) is 11.0 Å². The Hall–Kier alpha value is -3.65. The summed E-state index contributed by atoms with van der Waals surface area (Å²) in [6, 6.07) is 10.4. The SMILES string of the molecule is Cc1ccc(C(CC(=O)O)c2ccc3c(nnn3C)c2C)cc1CN1CCc2cnc(C(C)C)nc2C1. The van der Waals surface area contributed by atoms with Crippen LogP contribution in [0, 0.1) is 13.8 Å². The van der Waals surface area contributed by atoms with Crippen molar-refractivity contribution in [3.63, 3.8) is 0 Å². The van der Waals surface area contributed by atoms with Crippen molar-refractivity contribution in [1.29, 1.82) is 0 Å². The van der Waals surface area contributed by atoms with Crippen molar-refractivity contribution < 1.29 is 9.90 Å². The molecule has 2 aromatic carbocycles. The summed E-state index contributed by atoms with van der Waals surface area (Å²) in [5.74, 6) is 0.103. The van der Waals surface area contributed by atoms with E-state index in [2.05, 4.69) is 59.2 Å². The van der Waals surface area contributed by atoms with E-state index < -0.39 is 5.97 Å². The molecule has 37 heavy (non-hydrogen) atoms. The highest BCUT2D eigenvalue weighted by Crippen LogP contribution is 2.34. The van der Waals surface area contributed by atoms with Gasteiger partial charge in [-0.15, -0.1) is 5.10 Å². The van der Waals surface area contributed by atoms with Gasteiger partial charge in [0, 0.05) is 44.7 Å². The first-order chi connectivity index (χ1) is 17.7. The molecular weight excluding hydrogens is 464 g/mol. The molecule has 0 spiro atoms. The Labute approximate surface area is 217 Å². The molecule has 4 aromatic rings. The highest BCUT2D eigenvalue weighted by atomic mass is 16.4. The first-order valence-electron chi connectivity index (χ1n) is 12.9. The van der Waals surface area contributed by atoms with Gasteiger partial charge in [-0.1, -0.05) is 43.3 Å². The van der Waals surface area contributed by atoms with E-state index in [9.17, 15) is 9.90 Å². The largest absolute Gasteiger partial charge is 0.481 e. The first-order valence-corrected chi connectivity index (χ1v) is 12.9. The summed E-state index contributed by atoms with van der Waals surface area (Å²) in [7, 11) is 1.87. The van der Waals surface area contributed by atoms with Crippen LogP contribution < -0.4 is 0 Å². The van der Waals surface area contributed by atoms with Crippen LogP contribution >= 0.6 is 0 Å². The van der Waals surface area contributed by atoms with Crippen LogP contribution in [-0.2, 0) is 31.4 Å². The molecule has 1 aliphatic rings. The second kappa shape index (κ2) is 10.0. The Balaban J connectivity index is 1.46. The van der Waals surface area contributed by atoms with E-state index in [1.165, 1.54) is 16.7 Å². The van der Waals surface area contributed by atoms with Crippen LogP contribution in [-0.4, -0.2) is 47.5 Å². The van der Waals surface area contributed by atoms with Gasteiger partial charge in [-0.2, -0.15) is 0 Å². The maximum absolute atomic E-state index is 11.9. The van der Waals surface area contributed by atoms with E-state index in [1.54, 1.807) is 4.68 Å². The van der Waals surface area contributed by atoms with E-state index in [4.69, 9.17) is 4.98 Å². The molecule has 0 fully saturated rings. The summed E-state index contributed by atoms with van der Waals surface area (Å²) < 4.78 is 1.74. The zero-order valence-electron chi connectivity index (χ0n) is 22.2. The molecular formula is C29H34N6O2. The molecule has 0 saturated heterocycles. The number of aromatic nitrogens is 5. The topological polar surface area (TPSA) is 97.0 Å². The summed E-state index contributed by atoms with van der Waals surface area (Å²) in [4.78, 5) is 23.8. The Morgan fingerprint density at radius 1 is 1.16 bits per heavy atom. The molecule has 8 nitrogen and oxygen atoms in total. The van der Waals surface area contributed by atoms with Crippen LogP contribution in [0.3, 0.4) is 0 Å². The highest BCUT2D eigenvalue weighted by Gasteiger charge is 2.24. The molecule has 0 bridgehead atoms. The van der Waals surface area contributed by atoms with Crippen molar-refractivity contribution in [2.75, 3.05) is 6.54 Å². The van der Waals surface area contributed by atoms with Crippen LogP contribution in [0.5, 0.6) is 0 Å². The van der Waals surface area contributed by atoms with Gasteiger partial charge >= 0.3 is 5.97 Å². The summed E-state index contributed by atoms with van der Waals surface area (Å²) in [5, 5.41) is 18.3. The summed E-state index contributed by atoms with van der Waals surface area (Å²) in [6.45, 7) is 10.9. The normalized spacial score (nSPS) is 14.8. The molecule has 1 N–H and O–H groups in total. The minimum absolute atomic E-state index is 0.0150. The van der Waals surface area contributed by atoms with Crippen molar-refractivity contribution >= 4 is 17.0 Å². The lowest BCUT2D eigenvalue weighted by molar-refractivity contribution is -0.137. The van der Waals surface area contributed by atoms with Crippen molar-refractivity contribution in [3.05, 3.63) is 81.4 Å². The average molecular weight is 499 g/mol. The molecule has 3 heterocycles. The van der Waals surface area contributed by atoms with Crippen LogP contribution in [0.2, 0.25) is 0 Å². The summed E-state index contributed by atoms with van der Waals surface area (Å²) >= 11 is 0. The third-order valence-corrected chi connectivity index (χ3v) is 7.56. The molecule has 1 aliphatic heterocycles. The second-order valence-corrected chi connectivity index (χ2v) is 10.5. The molecule has 1 atom stereocenters. The molecule has 0 amide bonds. The van der Waals surface area contributed by atoms with Gasteiger partial charge in [0.2, 0.25) is 0 Å². The fourth-order valence-electron chi connectivity index (χ4n) is 5.31. The fourth-order valence-corrected chi connectivity index (χ4v) is 5.31. The number of nitrogens with zero attached hydrogens (tertiary/aromatic N) is 6. The Morgan fingerprint density at radius 3 is 2.73 bits per heavy atom. The predicted molar refractivity (Wildman–Crippen MR) is 142 cm³/mol. The number of fused-ring (bicyclic) bond motifs is 2. The van der Waals surface area contributed by atoms with E-state index in [1.807, 2.05) is 32.3 Å². The molecule has 5 rings (SSSR count). The van der Waals surface area contributed by atoms with Gasteiger partial charge in [0.05, 0.1) is 17.6 Å². The van der Waals surface area contributed by atoms with Crippen molar-refractivity contribution in [1.82, 2.24) is 29.9 Å². The molecule has 0 saturated carbocycles. The zero-order chi connectivity index (χ0) is 26.3. The quantitative estimate of drug-likeness (QED) is 0.396. The van der Waals surface area contributed by atoms with Crippen molar-refractivity contribution in [2.45, 2.75) is 65.5 Å². The standard InChI is InChI=1S/C29H34N6O2/c1-17(2)29-30-14-21-10-11-35(16-25(21)31-29)15-22-12-20(7-6-18(22)3)24(13-27(36)37)23-8-9-26-28(19(23)4)32-33-34(26)5/h6-9,12,14,17,24H,10-11,13,15-16H2,1-5H3,(H,36,37). The molecule has 2 aromatic heterocycles. The van der Waals surface area contributed by atoms with Gasteiger partial charge in [-0.05, 0) is 59.7 Å². The molecule has 192 valence electrons. The van der Waals surface area contributed by atoms with E-state index in [-0.39, 0.29) is 12.3 Å². The van der Waals surface area contributed by atoms with Crippen molar-refractivity contribution in [3.8, 4) is 0 Å². The third-order valence-electron chi connectivity index (χ3n) is 7.56. The van der Waals surface area contributed by atoms with Gasteiger partial charge < -0.3 is 5.11 Å². The van der Waals surface area contributed by atoms with Gasteiger partial charge in [-0.3, -0.25) is 9.69 Å². The van der Waals surface area contributed by atoms with Crippen LogP contribution in [0.15, 0.2) is 36.5 Å². The monoisotopic (exact) mass is 498 g/mol. The lowest BCUT2D eigenvalue weighted by Crippen LogP contribution is -2.31. The Bertz CT molecular complexity index is 1480. The molecule has 0 aliphatic carbocycles. The number of aryl methyl sites for hydroxylation is 3. The van der Waals surface area contributed by atoms with E-state index in [0.717, 1.165) is 65.3 Å². The number of carbonyl (C=O) groups is 1. The number of hydrogen-bond donors (Lipinski definition) is 1. The third kappa shape index (κ3) is 4.98. The Kier molecular flexibility index (Phi) is 6.77. The number of benzene rings is 2. The summed E-state index contributed by atoms with van der Waals surface area (Å²) in [5.41, 5.74) is 9.51. The van der Waals surface area contributed by atoms with Gasteiger partial charge in [-0.25, -0.2) is 14.6 Å². The number of carboxylic acids is 1. The lowest BCUT2D eigenvalue weighted by Gasteiger charge is -2.29. The van der Waals surface area contributed by atoms with Crippen molar-refractivity contribution in [2.24, 2.45) is 7.05 Å². The number of hydrogen-bond acceptors (Lipinski definition) is 6. The fraction of sp³-hybridized carbons (Fsp3) is 0.414. The van der Waals surface area contributed by atoms with E-state index in [0.29, 0.717) is 5.92 Å². The number of carboxylic acid groups (broad SMARTS) is 1. The maximum atomic E-state index is 11.9. The molecule has 8 heteroatoms. The highest BCUT2D eigenvalue weighted by molar-refractivity contribution is 5.80. The van der Waals surface area contributed by atoms with Gasteiger partial charge in [0.15, 0.2) is 0 Å². The minimum Gasteiger partial charge on any atom is -0.481 e. The molecule has 1 unspecified atom stereocenters. The lowest BCUT2D eigenvalue weighted by atomic mass is 9.84. The molecule has 0 radical (unpaired) electrons. The minimum atomic E-state index is -0.820. The summed E-state index contributed by atoms with van der Waals surface area (Å²) in [6.07, 6.45) is 2.94. The second-order valence-electron chi connectivity index (χ2n) is 10.5. The number of aliphatic carboxylic acids is 1.